The molecule has 8 bridgehead atoms. The van der Waals surface area contributed by atoms with Gasteiger partial charge in [0, 0.05) is 22.3 Å². The number of carbonyl (C=O) groups is 2. The Morgan fingerprint density at radius 2 is 0.656 bits per heavy atom. The summed E-state index contributed by atoms with van der Waals surface area (Å²) in [5, 5.41) is 20.3. The van der Waals surface area contributed by atoms with E-state index in [-0.39, 0.29) is 10.8 Å². The molecule has 0 saturated heterocycles. The third-order valence-electron chi connectivity index (χ3n) is 16.6. The SMILES string of the molecule is O=C(O)c1ccc(Oc2ccccc2-c2ccccc2-c2ccccc2-c2ccccc2Oc2ccc(C(=O)O)cc2C23CC4CC(CC(C4)C2)C3)c(C23CC4CC(CC(C4)C2)C3)c1. The van der Waals surface area contributed by atoms with E-state index in [1.165, 1.54) is 38.5 Å². The molecule has 2 N–H and O–H groups in total. The van der Waals surface area contributed by atoms with Gasteiger partial charge < -0.3 is 19.7 Å². The predicted molar refractivity (Wildman–Crippen MR) is 249 cm³/mol. The van der Waals surface area contributed by atoms with Gasteiger partial charge in [-0.05, 0) is 194 Å². The van der Waals surface area contributed by atoms with E-state index in [0.29, 0.717) is 46.6 Å². The standard InChI is InChI=1S/C58H54O6/c59-55(60)41-17-19-53(49(27-41)57-29-35-21-36(30-57)23-37(22-35)31-57)63-51-15-7-5-13-47(51)45-11-3-1-9-43(45)44-10-2-4-12-46(44)48-14-6-8-16-52(48)64-54-20-18-42(56(61)62)28-50(54)58-32-38-24-39(33-58)26-40(25-38)34-58/h1-20,27-28,35-40H,21-26,29-34H2,(H,59,60)(H,61,62). The zero-order valence-electron chi connectivity index (χ0n) is 36.2. The summed E-state index contributed by atoms with van der Waals surface area (Å²) in [4.78, 5) is 24.8. The molecule has 0 heterocycles. The Bertz CT molecular complexity index is 2570. The van der Waals surface area contributed by atoms with Crippen LogP contribution in [0.2, 0.25) is 0 Å². The molecule has 0 radical (unpaired) electrons. The maximum atomic E-state index is 12.4. The van der Waals surface area contributed by atoms with E-state index in [0.717, 1.165) is 106 Å². The first kappa shape index (κ1) is 39.5. The van der Waals surface area contributed by atoms with Gasteiger partial charge in [-0.2, -0.15) is 0 Å². The van der Waals surface area contributed by atoms with Gasteiger partial charge in [0.15, 0.2) is 0 Å². The number of hydrogen-bond donors (Lipinski definition) is 2. The summed E-state index contributed by atoms with van der Waals surface area (Å²) in [7, 11) is 0. The van der Waals surface area contributed by atoms with Crippen molar-refractivity contribution < 1.29 is 29.3 Å². The van der Waals surface area contributed by atoms with Gasteiger partial charge >= 0.3 is 11.9 Å². The van der Waals surface area contributed by atoms with Crippen molar-refractivity contribution in [2.75, 3.05) is 0 Å². The van der Waals surface area contributed by atoms with Crippen LogP contribution in [-0.2, 0) is 10.8 Å². The van der Waals surface area contributed by atoms with Crippen LogP contribution in [0, 0.1) is 35.5 Å². The highest BCUT2D eigenvalue weighted by Gasteiger charge is 2.54. The second-order valence-corrected chi connectivity index (χ2v) is 20.7. The fourth-order valence-electron chi connectivity index (χ4n) is 14.9. The second-order valence-electron chi connectivity index (χ2n) is 20.7. The Morgan fingerprint density at radius 1 is 0.375 bits per heavy atom. The molecule has 0 aromatic heterocycles. The molecule has 6 heteroatoms. The van der Waals surface area contributed by atoms with Crippen LogP contribution in [0.3, 0.4) is 0 Å². The molecular weight excluding hydrogens is 793 g/mol. The predicted octanol–water partition coefficient (Wildman–Crippen LogP) is 14.6. The molecule has 0 aliphatic heterocycles. The topological polar surface area (TPSA) is 93.1 Å². The van der Waals surface area contributed by atoms with Crippen LogP contribution in [0.4, 0.5) is 0 Å². The zero-order chi connectivity index (χ0) is 43.2. The van der Waals surface area contributed by atoms with Crippen molar-refractivity contribution in [3.63, 3.8) is 0 Å². The number of aromatic carboxylic acids is 2. The second kappa shape index (κ2) is 15.3. The largest absolute Gasteiger partial charge is 0.478 e. The number of benzene rings is 6. The molecule has 64 heavy (non-hydrogen) atoms. The van der Waals surface area contributed by atoms with Crippen LogP contribution in [0.15, 0.2) is 133 Å². The van der Waals surface area contributed by atoms with Crippen LogP contribution in [0.1, 0.15) is 109 Å². The van der Waals surface area contributed by atoms with Gasteiger partial charge in [-0.25, -0.2) is 9.59 Å². The van der Waals surface area contributed by atoms with E-state index in [1.54, 1.807) is 12.1 Å². The van der Waals surface area contributed by atoms with Gasteiger partial charge in [0.2, 0.25) is 0 Å². The van der Waals surface area contributed by atoms with Crippen LogP contribution in [0.25, 0.3) is 33.4 Å². The first-order valence-corrected chi connectivity index (χ1v) is 23.7. The molecule has 6 nitrogen and oxygen atoms in total. The summed E-state index contributed by atoms with van der Waals surface area (Å²) in [6.45, 7) is 0. The highest BCUT2D eigenvalue weighted by Crippen LogP contribution is 2.64. The molecule has 6 aromatic carbocycles. The van der Waals surface area contributed by atoms with Crippen molar-refractivity contribution in [2.45, 2.75) is 87.9 Å². The summed E-state index contributed by atoms with van der Waals surface area (Å²) in [5.41, 5.74) is 8.67. The Hall–Kier alpha value is -6.14. The zero-order valence-corrected chi connectivity index (χ0v) is 36.2. The molecule has 0 spiro atoms. The van der Waals surface area contributed by atoms with Gasteiger partial charge in [0.05, 0.1) is 11.1 Å². The monoisotopic (exact) mass is 846 g/mol. The van der Waals surface area contributed by atoms with Gasteiger partial charge in [-0.15, -0.1) is 0 Å². The van der Waals surface area contributed by atoms with Crippen LogP contribution >= 0.6 is 0 Å². The fourth-order valence-corrected chi connectivity index (χ4v) is 14.9. The van der Waals surface area contributed by atoms with Gasteiger partial charge in [-0.3, -0.25) is 0 Å². The quantitative estimate of drug-likeness (QED) is 0.135. The molecule has 8 aliphatic carbocycles. The number of rotatable bonds is 11. The lowest BCUT2D eigenvalue weighted by atomic mass is 9.48. The molecule has 6 aromatic rings. The Kier molecular flexibility index (Phi) is 9.40. The number of hydrogen-bond acceptors (Lipinski definition) is 4. The summed E-state index contributed by atoms with van der Waals surface area (Å²) in [6.07, 6.45) is 14.4. The molecule has 14 rings (SSSR count). The number of ether oxygens (including phenoxy) is 2. The van der Waals surface area contributed by atoms with Gasteiger partial charge in [0.25, 0.3) is 0 Å². The van der Waals surface area contributed by atoms with Crippen molar-refractivity contribution in [3.8, 4) is 56.4 Å². The molecule has 8 aliphatic rings. The van der Waals surface area contributed by atoms with Gasteiger partial charge in [0.1, 0.15) is 23.0 Å². The lowest BCUT2D eigenvalue weighted by Gasteiger charge is -2.57. The fraction of sp³-hybridized carbons (Fsp3) is 0.345. The Balaban J connectivity index is 0.922. The minimum absolute atomic E-state index is 0.0644. The average Bonchev–Trinajstić information content (AvgIpc) is 3.28. The lowest BCUT2D eigenvalue weighted by Crippen LogP contribution is -2.48. The summed E-state index contributed by atoms with van der Waals surface area (Å²) in [6, 6.07) is 44.5. The highest BCUT2D eigenvalue weighted by molar-refractivity contribution is 5.94. The minimum atomic E-state index is -0.906. The van der Waals surface area contributed by atoms with Crippen molar-refractivity contribution in [3.05, 3.63) is 156 Å². The van der Waals surface area contributed by atoms with E-state index < -0.39 is 11.9 Å². The van der Waals surface area contributed by atoms with E-state index in [9.17, 15) is 19.8 Å². The van der Waals surface area contributed by atoms with E-state index in [1.807, 2.05) is 48.5 Å². The van der Waals surface area contributed by atoms with Crippen molar-refractivity contribution in [1.82, 2.24) is 0 Å². The number of carboxylic acid groups (broad SMARTS) is 2. The molecule has 322 valence electrons. The summed E-state index contributed by atoms with van der Waals surface area (Å²) >= 11 is 0. The first-order valence-electron chi connectivity index (χ1n) is 23.7. The summed E-state index contributed by atoms with van der Waals surface area (Å²) in [5.74, 6) is 5.35. The molecule has 8 saturated carbocycles. The molecular formula is C58H54O6. The van der Waals surface area contributed by atoms with Crippen LogP contribution < -0.4 is 9.47 Å². The normalized spacial score (nSPS) is 28.2. The van der Waals surface area contributed by atoms with E-state index in [4.69, 9.17) is 9.47 Å². The highest BCUT2D eigenvalue weighted by atomic mass is 16.5. The van der Waals surface area contributed by atoms with E-state index in [2.05, 4.69) is 72.8 Å². The summed E-state index contributed by atoms with van der Waals surface area (Å²) < 4.78 is 14.2. The number of carboxylic acids is 2. The molecule has 8 fully saturated rings. The number of para-hydroxylation sites is 2. The third kappa shape index (κ3) is 6.75. The third-order valence-corrected chi connectivity index (χ3v) is 16.6. The first-order chi connectivity index (χ1) is 31.2. The van der Waals surface area contributed by atoms with Crippen molar-refractivity contribution in [1.29, 1.82) is 0 Å². The average molecular weight is 847 g/mol. The van der Waals surface area contributed by atoms with Crippen LogP contribution in [0.5, 0.6) is 23.0 Å². The molecule has 0 amide bonds. The smallest absolute Gasteiger partial charge is 0.335 e. The Morgan fingerprint density at radius 3 is 0.969 bits per heavy atom. The lowest BCUT2D eigenvalue weighted by molar-refractivity contribution is -0.00617. The molecule has 0 unspecified atom stereocenters. The van der Waals surface area contributed by atoms with Crippen molar-refractivity contribution >= 4 is 11.9 Å². The van der Waals surface area contributed by atoms with Crippen LogP contribution in [-0.4, -0.2) is 22.2 Å². The maximum absolute atomic E-state index is 12.4. The Labute approximate surface area is 375 Å². The van der Waals surface area contributed by atoms with Crippen molar-refractivity contribution in [2.24, 2.45) is 35.5 Å². The van der Waals surface area contributed by atoms with Gasteiger partial charge in [-0.1, -0.05) is 84.9 Å². The molecule has 0 atom stereocenters. The minimum Gasteiger partial charge on any atom is -0.478 e. The maximum Gasteiger partial charge on any atom is 0.335 e. The van der Waals surface area contributed by atoms with E-state index >= 15 is 0 Å².